The molecule has 0 spiro atoms. The standard InChI is InChI=1S/C24H31N3O9/c1-7-26(8-2)22(28)18(12-25)9-17-10-19(27(31)32)21(36-24(30)34-14-16(5)6)20(11-17)35-23(29)33-13-15(3)4/h9-11,15-16H,7-8,13-14H2,1-6H3. The van der Waals surface area contributed by atoms with Crippen molar-refractivity contribution >= 4 is 30.0 Å². The smallest absolute Gasteiger partial charge is 0.434 e. The molecule has 0 fully saturated rings. The van der Waals surface area contributed by atoms with Crippen molar-refractivity contribution in [1.29, 1.82) is 5.26 Å². The number of nitriles is 1. The summed E-state index contributed by atoms with van der Waals surface area (Å²) < 4.78 is 20.0. The van der Waals surface area contributed by atoms with Gasteiger partial charge in [-0.2, -0.15) is 5.26 Å². The molecule has 0 saturated heterocycles. The first-order valence-corrected chi connectivity index (χ1v) is 11.4. The van der Waals surface area contributed by atoms with Crippen LogP contribution in [0, 0.1) is 33.3 Å². The lowest BCUT2D eigenvalue weighted by Crippen LogP contribution is -2.31. The van der Waals surface area contributed by atoms with Crippen LogP contribution in [0.2, 0.25) is 0 Å². The van der Waals surface area contributed by atoms with Crippen LogP contribution in [-0.2, 0) is 14.3 Å². The molecule has 1 rings (SSSR count). The summed E-state index contributed by atoms with van der Waals surface area (Å²) >= 11 is 0. The number of likely N-dealkylation sites (N-methyl/N-ethyl adjacent to an activating group) is 1. The summed E-state index contributed by atoms with van der Waals surface area (Å²) in [7, 11) is 0. The molecule has 0 radical (unpaired) electrons. The molecule has 12 heteroatoms. The Morgan fingerprint density at radius 2 is 1.56 bits per heavy atom. The van der Waals surface area contributed by atoms with Gasteiger partial charge in [-0.05, 0) is 43.4 Å². The average Bonchev–Trinajstić information content (AvgIpc) is 2.81. The summed E-state index contributed by atoms with van der Waals surface area (Å²) in [5.41, 5.74) is -1.08. The summed E-state index contributed by atoms with van der Waals surface area (Å²) in [6.07, 6.45) is -1.33. The summed E-state index contributed by atoms with van der Waals surface area (Å²) in [5.74, 6) is -1.86. The highest BCUT2D eigenvalue weighted by atomic mass is 16.7. The van der Waals surface area contributed by atoms with Gasteiger partial charge in [0.1, 0.15) is 11.6 Å². The fourth-order valence-corrected chi connectivity index (χ4v) is 2.70. The third-order valence-corrected chi connectivity index (χ3v) is 4.41. The van der Waals surface area contributed by atoms with Crippen molar-refractivity contribution in [1.82, 2.24) is 4.90 Å². The maximum Gasteiger partial charge on any atom is 0.514 e. The third-order valence-electron chi connectivity index (χ3n) is 4.41. The molecule has 0 aliphatic heterocycles. The first kappa shape index (κ1) is 29.9. The van der Waals surface area contributed by atoms with E-state index in [-0.39, 0.29) is 36.2 Å². The van der Waals surface area contributed by atoms with Crippen LogP contribution in [0.15, 0.2) is 17.7 Å². The Labute approximate surface area is 209 Å². The van der Waals surface area contributed by atoms with Gasteiger partial charge in [0, 0.05) is 19.2 Å². The summed E-state index contributed by atoms with van der Waals surface area (Å²) in [5, 5.41) is 21.3. The number of hydrogen-bond acceptors (Lipinski definition) is 10. The van der Waals surface area contributed by atoms with Crippen LogP contribution in [0.1, 0.15) is 47.1 Å². The normalized spacial score (nSPS) is 11.0. The van der Waals surface area contributed by atoms with Crippen LogP contribution in [-0.4, -0.2) is 54.3 Å². The van der Waals surface area contributed by atoms with Crippen molar-refractivity contribution in [3.63, 3.8) is 0 Å². The minimum atomic E-state index is -1.25. The first-order valence-electron chi connectivity index (χ1n) is 11.4. The lowest BCUT2D eigenvalue weighted by Gasteiger charge is -2.17. The highest BCUT2D eigenvalue weighted by molar-refractivity contribution is 6.01. The lowest BCUT2D eigenvalue weighted by atomic mass is 10.1. The molecule has 0 aromatic heterocycles. The molecule has 0 atom stereocenters. The van der Waals surface area contributed by atoms with E-state index >= 15 is 0 Å². The predicted molar refractivity (Wildman–Crippen MR) is 128 cm³/mol. The van der Waals surface area contributed by atoms with Crippen molar-refractivity contribution < 1.29 is 38.3 Å². The number of carbonyl (C=O) groups excluding carboxylic acids is 3. The highest BCUT2D eigenvalue weighted by Crippen LogP contribution is 2.39. The maximum absolute atomic E-state index is 12.6. The van der Waals surface area contributed by atoms with Gasteiger partial charge in [0.05, 0.1) is 18.1 Å². The number of nitro groups is 1. The zero-order valence-corrected chi connectivity index (χ0v) is 21.2. The molecular weight excluding hydrogens is 474 g/mol. The van der Waals surface area contributed by atoms with Gasteiger partial charge in [0.15, 0.2) is 5.75 Å². The zero-order chi connectivity index (χ0) is 27.4. The Morgan fingerprint density at radius 3 is 2.00 bits per heavy atom. The van der Waals surface area contributed by atoms with Crippen LogP contribution < -0.4 is 9.47 Å². The Hall–Kier alpha value is -4.14. The summed E-state index contributed by atoms with van der Waals surface area (Å²) in [4.78, 5) is 49.3. The third kappa shape index (κ3) is 9.25. The van der Waals surface area contributed by atoms with Crippen LogP contribution in [0.3, 0.4) is 0 Å². The molecule has 0 aliphatic rings. The van der Waals surface area contributed by atoms with E-state index in [2.05, 4.69) is 0 Å². The van der Waals surface area contributed by atoms with Crippen molar-refractivity contribution in [2.75, 3.05) is 26.3 Å². The van der Waals surface area contributed by atoms with E-state index in [1.165, 1.54) is 4.90 Å². The molecule has 0 aliphatic carbocycles. The largest absolute Gasteiger partial charge is 0.514 e. The number of benzene rings is 1. The van der Waals surface area contributed by atoms with Crippen molar-refractivity contribution in [2.24, 2.45) is 11.8 Å². The van der Waals surface area contributed by atoms with E-state index in [4.69, 9.17) is 18.9 Å². The minimum absolute atomic E-state index is 0.00406. The molecule has 0 unspecified atom stereocenters. The van der Waals surface area contributed by atoms with E-state index in [1.54, 1.807) is 47.6 Å². The predicted octanol–water partition coefficient (Wildman–Crippen LogP) is 4.71. The van der Waals surface area contributed by atoms with E-state index in [0.29, 0.717) is 13.1 Å². The number of carbonyl (C=O) groups is 3. The maximum atomic E-state index is 12.6. The van der Waals surface area contributed by atoms with Crippen LogP contribution in [0.25, 0.3) is 6.08 Å². The molecule has 0 N–H and O–H groups in total. The Balaban J connectivity index is 3.58. The molecule has 0 bridgehead atoms. The second-order valence-corrected chi connectivity index (χ2v) is 8.39. The minimum Gasteiger partial charge on any atom is -0.434 e. The average molecular weight is 506 g/mol. The zero-order valence-electron chi connectivity index (χ0n) is 21.2. The molecule has 196 valence electrons. The molecule has 1 aromatic carbocycles. The van der Waals surface area contributed by atoms with Crippen LogP contribution in [0.5, 0.6) is 11.5 Å². The van der Waals surface area contributed by atoms with Crippen LogP contribution >= 0.6 is 0 Å². The van der Waals surface area contributed by atoms with E-state index in [9.17, 15) is 29.8 Å². The van der Waals surface area contributed by atoms with Crippen molar-refractivity contribution in [3.8, 4) is 17.6 Å². The Morgan fingerprint density at radius 1 is 1.03 bits per heavy atom. The first-order chi connectivity index (χ1) is 16.9. The van der Waals surface area contributed by atoms with Gasteiger partial charge in [0.2, 0.25) is 0 Å². The molecule has 0 heterocycles. The molecular formula is C24H31N3O9. The molecule has 1 amide bonds. The fraction of sp³-hybridized carbons (Fsp3) is 0.500. The second kappa shape index (κ2) is 14.3. The number of nitrogens with zero attached hydrogens (tertiary/aromatic N) is 3. The topological polar surface area (TPSA) is 158 Å². The number of amides is 1. The van der Waals surface area contributed by atoms with E-state index in [1.807, 2.05) is 0 Å². The second-order valence-electron chi connectivity index (χ2n) is 8.39. The Bertz CT molecular complexity index is 1040. The number of nitro benzene ring substituents is 1. The lowest BCUT2D eigenvalue weighted by molar-refractivity contribution is -0.385. The van der Waals surface area contributed by atoms with Gasteiger partial charge in [0.25, 0.3) is 11.7 Å². The van der Waals surface area contributed by atoms with Gasteiger partial charge in [-0.25, -0.2) is 9.59 Å². The Kier molecular flexibility index (Phi) is 11.9. The van der Waals surface area contributed by atoms with E-state index in [0.717, 1.165) is 18.2 Å². The van der Waals surface area contributed by atoms with Gasteiger partial charge in [-0.15, -0.1) is 0 Å². The fourth-order valence-electron chi connectivity index (χ4n) is 2.70. The summed E-state index contributed by atoms with van der Waals surface area (Å²) in [6, 6.07) is 3.87. The SMILES string of the molecule is CCN(CC)C(=O)C(C#N)=Cc1cc(OC(=O)OCC(C)C)c(OC(=O)OCC(C)C)c([N+](=O)[O-])c1. The van der Waals surface area contributed by atoms with Gasteiger partial charge >= 0.3 is 18.0 Å². The summed E-state index contributed by atoms with van der Waals surface area (Å²) in [6.45, 7) is 11.3. The monoisotopic (exact) mass is 505 g/mol. The van der Waals surface area contributed by atoms with E-state index < -0.39 is 40.3 Å². The highest BCUT2D eigenvalue weighted by Gasteiger charge is 2.28. The number of rotatable bonds is 11. The van der Waals surface area contributed by atoms with Gasteiger partial charge in [-0.3, -0.25) is 14.9 Å². The quantitative estimate of drug-likeness (QED) is 0.103. The molecule has 1 aromatic rings. The number of hydrogen-bond donors (Lipinski definition) is 0. The molecule has 12 nitrogen and oxygen atoms in total. The van der Waals surface area contributed by atoms with Crippen LogP contribution in [0.4, 0.5) is 15.3 Å². The van der Waals surface area contributed by atoms with Crippen molar-refractivity contribution in [2.45, 2.75) is 41.5 Å². The molecule has 0 saturated carbocycles. The molecule has 36 heavy (non-hydrogen) atoms. The van der Waals surface area contributed by atoms with Gasteiger partial charge in [-0.1, -0.05) is 27.7 Å². The van der Waals surface area contributed by atoms with Gasteiger partial charge < -0.3 is 23.8 Å². The van der Waals surface area contributed by atoms with Crippen molar-refractivity contribution in [3.05, 3.63) is 33.4 Å². The number of ether oxygens (including phenoxy) is 4.